The minimum Gasteiger partial charge on any atom is -0.489 e. The molecule has 1 aliphatic heterocycles. The monoisotopic (exact) mass is 515 g/mol. The van der Waals surface area contributed by atoms with Gasteiger partial charge in [-0.05, 0) is 55.8 Å². The molecular formula is C24H27Cl2F2N2O4+. The number of carbonyl (C=O) groups is 1. The molecule has 6 nitrogen and oxygen atoms in total. The Morgan fingerprint density at radius 3 is 2.53 bits per heavy atom. The highest BCUT2D eigenvalue weighted by Crippen LogP contribution is 2.38. The van der Waals surface area contributed by atoms with Crippen molar-refractivity contribution >= 4 is 29.2 Å². The Labute approximate surface area is 206 Å². The molecule has 2 aromatic rings. The highest BCUT2D eigenvalue weighted by atomic mass is 35.5. The number of aromatic amines is 1. The molecule has 184 valence electrons. The number of benzene rings is 1. The molecule has 2 fully saturated rings. The molecule has 0 unspecified atom stereocenters. The van der Waals surface area contributed by atoms with E-state index in [0.29, 0.717) is 40.1 Å². The third-order valence-electron chi connectivity index (χ3n) is 5.97. The predicted molar refractivity (Wildman–Crippen MR) is 122 cm³/mol. The Morgan fingerprint density at radius 1 is 1.12 bits per heavy atom. The van der Waals surface area contributed by atoms with Crippen LogP contribution in [0.25, 0.3) is 0 Å². The molecule has 0 radical (unpaired) electrons. The number of rotatable bonds is 10. The number of piperidine rings is 1. The van der Waals surface area contributed by atoms with Crippen LogP contribution in [0.3, 0.4) is 0 Å². The molecule has 1 aliphatic carbocycles. The normalized spacial score (nSPS) is 19.0. The van der Waals surface area contributed by atoms with E-state index >= 15 is 0 Å². The molecule has 1 aromatic heterocycles. The van der Waals surface area contributed by atoms with Gasteiger partial charge in [-0.25, -0.2) is 4.98 Å². The van der Waals surface area contributed by atoms with Crippen molar-refractivity contribution in [2.24, 2.45) is 5.92 Å². The number of hydrogen-bond donors (Lipinski definition) is 1. The van der Waals surface area contributed by atoms with Crippen molar-refractivity contribution < 1.29 is 32.8 Å². The largest absolute Gasteiger partial charge is 0.489 e. The lowest BCUT2D eigenvalue weighted by Gasteiger charge is -2.26. The summed E-state index contributed by atoms with van der Waals surface area (Å²) >= 11 is 12.7. The maximum atomic E-state index is 13.0. The minimum atomic E-state index is -2.99. The number of esters is 1. The van der Waals surface area contributed by atoms with Gasteiger partial charge in [0, 0.05) is 12.0 Å². The van der Waals surface area contributed by atoms with E-state index in [0.717, 1.165) is 32.2 Å². The van der Waals surface area contributed by atoms with Crippen molar-refractivity contribution in [3.05, 3.63) is 51.8 Å². The second-order valence-corrected chi connectivity index (χ2v) is 9.42. The van der Waals surface area contributed by atoms with Crippen LogP contribution in [0.2, 0.25) is 10.0 Å². The van der Waals surface area contributed by atoms with Gasteiger partial charge in [-0.1, -0.05) is 35.7 Å². The zero-order chi connectivity index (χ0) is 24.1. The number of H-pyrrole nitrogens is 1. The number of carbonyl (C=O) groups excluding carboxylic acids is 1. The highest BCUT2D eigenvalue weighted by molar-refractivity contribution is 6.35. The lowest BCUT2D eigenvalue weighted by atomic mass is 10.0. The fraction of sp³-hybridized carbons (Fsp3) is 0.500. The lowest BCUT2D eigenvalue weighted by molar-refractivity contribution is -0.377. The Hall–Kier alpha value is -2.16. The third kappa shape index (κ3) is 6.71. The Bertz CT molecular complexity index is 981. The van der Waals surface area contributed by atoms with Gasteiger partial charge in [-0.3, -0.25) is 4.79 Å². The third-order valence-corrected chi connectivity index (χ3v) is 6.64. The SMILES string of the molecule is O=C(O[C@@H](Cc1c(Cl)c[nH+]cc1Cl)c1ccc(OC(F)F)c(OCC2CC2)c1)[C@H]1CCCCN1. The van der Waals surface area contributed by atoms with Gasteiger partial charge in [0.2, 0.25) is 0 Å². The standard InChI is InChI=1S/C24H26Cl2F2N2O4/c25-17-11-29-12-18(26)16(17)10-21(33-23(31)19-3-1-2-8-30-19)15-6-7-20(34-24(27)28)22(9-15)32-13-14-4-5-14/h6-7,9,11-12,14,19,21,24,30H,1-5,8,10,13H2/p+1/t19-,21+/m1/s1. The smallest absolute Gasteiger partial charge is 0.387 e. The first-order valence-electron chi connectivity index (χ1n) is 11.4. The van der Waals surface area contributed by atoms with Crippen LogP contribution in [0.5, 0.6) is 11.5 Å². The molecule has 1 saturated heterocycles. The van der Waals surface area contributed by atoms with E-state index in [4.69, 9.17) is 32.7 Å². The van der Waals surface area contributed by atoms with Crippen LogP contribution >= 0.6 is 23.2 Å². The van der Waals surface area contributed by atoms with Crippen molar-refractivity contribution in [3.8, 4) is 11.5 Å². The number of ether oxygens (including phenoxy) is 3. The molecule has 2 aliphatic rings. The molecule has 0 spiro atoms. The van der Waals surface area contributed by atoms with E-state index in [-0.39, 0.29) is 23.9 Å². The number of alkyl halides is 2. The summed E-state index contributed by atoms with van der Waals surface area (Å²) in [7, 11) is 0. The van der Waals surface area contributed by atoms with E-state index < -0.39 is 18.8 Å². The zero-order valence-corrected chi connectivity index (χ0v) is 20.0. The molecule has 1 saturated carbocycles. The van der Waals surface area contributed by atoms with Crippen LogP contribution in [0.4, 0.5) is 8.78 Å². The summed E-state index contributed by atoms with van der Waals surface area (Å²) in [5.74, 6) is 0.143. The first-order valence-corrected chi connectivity index (χ1v) is 12.2. The fourth-order valence-corrected chi connectivity index (χ4v) is 4.42. The van der Waals surface area contributed by atoms with E-state index in [1.54, 1.807) is 24.5 Å². The van der Waals surface area contributed by atoms with Gasteiger partial charge in [0.25, 0.3) is 0 Å². The van der Waals surface area contributed by atoms with Crippen LogP contribution in [0.15, 0.2) is 30.6 Å². The van der Waals surface area contributed by atoms with Gasteiger partial charge in [0.1, 0.15) is 22.2 Å². The number of halogens is 4. The number of pyridine rings is 1. The average Bonchev–Trinajstić information content (AvgIpc) is 3.65. The van der Waals surface area contributed by atoms with E-state index in [1.165, 1.54) is 6.07 Å². The van der Waals surface area contributed by atoms with Gasteiger partial charge in [-0.2, -0.15) is 8.78 Å². The topological polar surface area (TPSA) is 70.9 Å². The van der Waals surface area contributed by atoms with Crippen LogP contribution in [-0.2, 0) is 16.0 Å². The van der Waals surface area contributed by atoms with Gasteiger partial charge in [-0.15, -0.1) is 0 Å². The summed E-state index contributed by atoms with van der Waals surface area (Å²) < 4.78 is 42.3. The van der Waals surface area contributed by atoms with Crippen LogP contribution < -0.4 is 19.8 Å². The van der Waals surface area contributed by atoms with E-state index in [1.807, 2.05) is 0 Å². The summed E-state index contributed by atoms with van der Waals surface area (Å²) in [6, 6.07) is 4.18. The molecule has 4 rings (SSSR count). The molecule has 0 bridgehead atoms. The number of hydrogen-bond acceptors (Lipinski definition) is 5. The van der Waals surface area contributed by atoms with Crippen LogP contribution in [0.1, 0.15) is 49.3 Å². The first kappa shape index (κ1) is 24.9. The van der Waals surface area contributed by atoms with Gasteiger partial charge < -0.3 is 19.5 Å². The molecule has 2 heterocycles. The van der Waals surface area contributed by atoms with Crippen molar-refractivity contribution in [1.29, 1.82) is 0 Å². The predicted octanol–water partition coefficient (Wildman–Crippen LogP) is 5.17. The summed E-state index contributed by atoms with van der Waals surface area (Å²) in [6.45, 7) is -1.83. The Balaban J connectivity index is 1.63. The summed E-state index contributed by atoms with van der Waals surface area (Å²) in [4.78, 5) is 15.8. The number of aromatic nitrogens is 1. The van der Waals surface area contributed by atoms with Crippen molar-refractivity contribution in [1.82, 2.24) is 5.32 Å². The Morgan fingerprint density at radius 2 is 1.88 bits per heavy atom. The number of nitrogens with one attached hydrogen (secondary N) is 2. The lowest BCUT2D eigenvalue weighted by Crippen LogP contribution is -2.42. The molecule has 1 aromatic carbocycles. The van der Waals surface area contributed by atoms with Gasteiger partial charge in [0.15, 0.2) is 23.9 Å². The quantitative estimate of drug-likeness (QED) is 0.442. The Kier molecular flexibility index (Phi) is 8.45. The molecule has 2 atom stereocenters. The highest BCUT2D eigenvalue weighted by Gasteiger charge is 2.29. The second-order valence-electron chi connectivity index (χ2n) is 8.60. The maximum Gasteiger partial charge on any atom is 0.387 e. The molecule has 10 heteroatoms. The first-order chi connectivity index (χ1) is 16.4. The van der Waals surface area contributed by atoms with Crippen molar-refractivity contribution in [3.63, 3.8) is 0 Å². The van der Waals surface area contributed by atoms with Crippen molar-refractivity contribution in [2.75, 3.05) is 13.2 Å². The van der Waals surface area contributed by atoms with Gasteiger partial charge in [0.05, 0.1) is 6.61 Å². The van der Waals surface area contributed by atoms with Gasteiger partial charge >= 0.3 is 12.6 Å². The maximum absolute atomic E-state index is 13.0. The fourth-order valence-electron chi connectivity index (χ4n) is 3.88. The summed E-state index contributed by atoms with van der Waals surface area (Å²) in [5.41, 5.74) is 1.17. The van der Waals surface area contributed by atoms with Crippen LogP contribution in [0, 0.1) is 5.92 Å². The van der Waals surface area contributed by atoms with Crippen molar-refractivity contribution in [2.45, 2.75) is 57.3 Å². The molecular weight excluding hydrogens is 489 g/mol. The van der Waals surface area contributed by atoms with E-state index in [9.17, 15) is 13.6 Å². The molecule has 2 N–H and O–H groups in total. The molecule has 0 amide bonds. The van der Waals surface area contributed by atoms with E-state index in [2.05, 4.69) is 15.0 Å². The van der Waals surface area contributed by atoms with Crippen LogP contribution in [-0.4, -0.2) is 31.8 Å². The zero-order valence-electron chi connectivity index (χ0n) is 18.5. The summed E-state index contributed by atoms with van der Waals surface area (Å²) in [5, 5.41) is 3.98. The average molecular weight is 516 g/mol. The molecule has 34 heavy (non-hydrogen) atoms. The summed E-state index contributed by atoms with van der Waals surface area (Å²) in [6.07, 6.45) is 7.32. The minimum absolute atomic E-state index is 0.0659. The second kappa shape index (κ2) is 11.5.